The Bertz CT molecular complexity index is 493. The van der Waals surface area contributed by atoms with Crippen LogP contribution in [0.25, 0.3) is 0 Å². The fourth-order valence-corrected chi connectivity index (χ4v) is 2.86. The first-order valence-corrected chi connectivity index (χ1v) is 7.01. The highest BCUT2D eigenvalue weighted by Crippen LogP contribution is 2.26. The van der Waals surface area contributed by atoms with Crippen molar-refractivity contribution in [1.82, 2.24) is 4.98 Å². The minimum Gasteiger partial charge on any atom is -0.344 e. The third-order valence-corrected chi connectivity index (χ3v) is 4.18. The van der Waals surface area contributed by atoms with Crippen LogP contribution in [0, 0.1) is 6.92 Å². The van der Waals surface area contributed by atoms with Gasteiger partial charge in [0.15, 0.2) is 5.13 Å². The van der Waals surface area contributed by atoms with Gasteiger partial charge in [0.2, 0.25) is 0 Å². The minimum atomic E-state index is 0.576. The summed E-state index contributed by atoms with van der Waals surface area (Å²) in [5, 5.41) is 1.07. The van der Waals surface area contributed by atoms with Crippen LogP contribution in [0.1, 0.15) is 23.1 Å². The van der Waals surface area contributed by atoms with E-state index >= 15 is 0 Å². The predicted molar refractivity (Wildman–Crippen MR) is 77.9 cm³/mol. The van der Waals surface area contributed by atoms with E-state index in [1.807, 2.05) is 13.0 Å². The van der Waals surface area contributed by atoms with Crippen LogP contribution in [0.15, 0.2) is 30.3 Å². The Balaban J connectivity index is 2.17. The van der Waals surface area contributed by atoms with Crippen molar-refractivity contribution in [3.05, 3.63) is 46.5 Å². The van der Waals surface area contributed by atoms with E-state index < -0.39 is 0 Å². The highest BCUT2D eigenvalue weighted by Gasteiger charge is 2.12. The zero-order chi connectivity index (χ0) is 13.0. The van der Waals surface area contributed by atoms with Crippen LogP contribution in [-0.2, 0) is 13.1 Å². The maximum atomic E-state index is 5.71. The number of nitrogens with two attached hydrogens (primary N) is 1. The average molecular weight is 261 g/mol. The molecule has 0 saturated carbocycles. The average Bonchev–Trinajstić information content (AvgIpc) is 2.78. The van der Waals surface area contributed by atoms with Crippen LogP contribution >= 0.6 is 11.3 Å². The summed E-state index contributed by atoms with van der Waals surface area (Å²) >= 11 is 1.70. The Morgan fingerprint density at radius 3 is 2.56 bits per heavy atom. The molecule has 0 saturated heterocycles. The van der Waals surface area contributed by atoms with Gasteiger partial charge in [-0.3, -0.25) is 0 Å². The van der Waals surface area contributed by atoms with Gasteiger partial charge >= 0.3 is 0 Å². The molecular weight excluding hydrogens is 242 g/mol. The van der Waals surface area contributed by atoms with E-state index in [9.17, 15) is 0 Å². The smallest absolute Gasteiger partial charge is 0.186 e. The molecule has 3 nitrogen and oxygen atoms in total. The summed E-state index contributed by atoms with van der Waals surface area (Å²) in [6, 6.07) is 10.5. The van der Waals surface area contributed by atoms with Crippen molar-refractivity contribution in [2.75, 3.05) is 11.4 Å². The van der Waals surface area contributed by atoms with Gasteiger partial charge in [-0.05, 0) is 19.4 Å². The van der Waals surface area contributed by atoms with E-state index in [1.165, 1.54) is 10.4 Å². The van der Waals surface area contributed by atoms with Crippen molar-refractivity contribution in [2.24, 2.45) is 5.73 Å². The molecule has 1 aromatic carbocycles. The third-order valence-electron chi connectivity index (χ3n) is 2.94. The molecule has 0 fully saturated rings. The van der Waals surface area contributed by atoms with Crippen molar-refractivity contribution < 1.29 is 0 Å². The van der Waals surface area contributed by atoms with Crippen LogP contribution in [0.3, 0.4) is 0 Å². The fourth-order valence-electron chi connectivity index (χ4n) is 1.86. The number of aromatic nitrogens is 1. The summed E-state index contributed by atoms with van der Waals surface area (Å²) in [6.45, 7) is 6.60. The highest BCUT2D eigenvalue weighted by molar-refractivity contribution is 7.15. The second-order valence-corrected chi connectivity index (χ2v) is 5.27. The SMILES string of the molecule is CCN(Cc1ccccc1)c1nc(C)c(CN)s1. The molecule has 2 rings (SSSR count). The summed E-state index contributed by atoms with van der Waals surface area (Å²) < 4.78 is 0. The minimum absolute atomic E-state index is 0.576. The number of hydrogen-bond acceptors (Lipinski definition) is 4. The summed E-state index contributed by atoms with van der Waals surface area (Å²) in [5.41, 5.74) is 8.08. The van der Waals surface area contributed by atoms with Gasteiger partial charge in [-0.2, -0.15) is 0 Å². The molecule has 0 unspecified atom stereocenters. The second kappa shape index (κ2) is 5.98. The summed E-state index contributed by atoms with van der Waals surface area (Å²) in [5.74, 6) is 0. The lowest BCUT2D eigenvalue weighted by atomic mass is 10.2. The number of nitrogens with zero attached hydrogens (tertiary/aromatic N) is 2. The standard InChI is InChI=1S/C14H19N3S/c1-3-17(10-12-7-5-4-6-8-12)14-16-11(2)13(9-15)18-14/h4-8H,3,9-10,15H2,1-2H3. The molecule has 2 N–H and O–H groups in total. The number of hydrogen-bond donors (Lipinski definition) is 1. The lowest BCUT2D eigenvalue weighted by molar-refractivity contribution is 0.824. The van der Waals surface area contributed by atoms with Crippen LogP contribution in [0.4, 0.5) is 5.13 Å². The van der Waals surface area contributed by atoms with E-state index in [0.29, 0.717) is 6.54 Å². The van der Waals surface area contributed by atoms with Gasteiger partial charge in [-0.1, -0.05) is 30.3 Å². The molecule has 0 spiro atoms. The lowest BCUT2D eigenvalue weighted by Crippen LogP contribution is -2.21. The Kier molecular flexibility index (Phi) is 4.33. The van der Waals surface area contributed by atoms with Gasteiger partial charge in [0.25, 0.3) is 0 Å². The molecule has 0 aliphatic carbocycles. The van der Waals surface area contributed by atoms with Crippen LogP contribution < -0.4 is 10.6 Å². The highest BCUT2D eigenvalue weighted by atomic mass is 32.1. The first kappa shape index (κ1) is 13.1. The Labute approximate surface area is 112 Å². The number of rotatable bonds is 5. The number of thiazole rings is 1. The van der Waals surface area contributed by atoms with E-state index in [2.05, 4.69) is 41.1 Å². The molecule has 0 aliphatic heterocycles. The zero-order valence-corrected chi connectivity index (χ0v) is 11.7. The number of aryl methyl sites for hydroxylation is 1. The molecular formula is C14H19N3S. The monoisotopic (exact) mass is 261 g/mol. The van der Waals surface area contributed by atoms with Crippen LogP contribution in [0.5, 0.6) is 0 Å². The Morgan fingerprint density at radius 2 is 2.00 bits per heavy atom. The van der Waals surface area contributed by atoms with Crippen molar-refractivity contribution >= 4 is 16.5 Å². The molecule has 96 valence electrons. The molecule has 1 heterocycles. The van der Waals surface area contributed by atoms with Gasteiger partial charge in [-0.15, -0.1) is 11.3 Å². The Morgan fingerprint density at radius 1 is 1.28 bits per heavy atom. The molecule has 4 heteroatoms. The zero-order valence-electron chi connectivity index (χ0n) is 10.9. The van der Waals surface area contributed by atoms with Crippen LogP contribution in [0.2, 0.25) is 0 Å². The first-order valence-electron chi connectivity index (χ1n) is 6.19. The summed E-state index contributed by atoms with van der Waals surface area (Å²) in [4.78, 5) is 8.07. The number of benzene rings is 1. The second-order valence-electron chi connectivity index (χ2n) is 4.21. The third kappa shape index (κ3) is 2.89. The van der Waals surface area contributed by atoms with Gasteiger partial charge in [0, 0.05) is 24.5 Å². The molecule has 2 aromatic rings. The molecule has 0 bridgehead atoms. The van der Waals surface area contributed by atoms with Gasteiger partial charge in [0.05, 0.1) is 5.69 Å². The van der Waals surface area contributed by atoms with Crippen molar-refractivity contribution in [1.29, 1.82) is 0 Å². The lowest BCUT2D eigenvalue weighted by Gasteiger charge is -2.19. The number of anilines is 1. The van der Waals surface area contributed by atoms with Gasteiger partial charge < -0.3 is 10.6 Å². The van der Waals surface area contributed by atoms with E-state index in [4.69, 9.17) is 5.73 Å². The predicted octanol–water partition coefficient (Wildman–Crippen LogP) is 2.94. The quantitative estimate of drug-likeness (QED) is 0.900. The van der Waals surface area contributed by atoms with Crippen molar-refractivity contribution in [3.63, 3.8) is 0 Å². The molecule has 0 amide bonds. The van der Waals surface area contributed by atoms with Gasteiger partial charge in [0.1, 0.15) is 0 Å². The largest absolute Gasteiger partial charge is 0.344 e. The normalized spacial score (nSPS) is 10.6. The van der Waals surface area contributed by atoms with Crippen molar-refractivity contribution in [3.8, 4) is 0 Å². The molecule has 0 aliphatic rings. The summed E-state index contributed by atoms with van der Waals surface area (Å²) in [6.07, 6.45) is 0. The maximum absolute atomic E-state index is 5.71. The van der Waals surface area contributed by atoms with E-state index in [0.717, 1.165) is 23.9 Å². The first-order chi connectivity index (χ1) is 8.74. The Hall–Kier alpha value is -1.39. The molecule has 0 atom stereocenters. The van der Waals surface area contributed by atoms with Gasteiger partial charge in [-0.25, -0.2) is 4.98 Å². The van der Waals surface area contributed by atoms with E-state index in [-0.39, 0.29) is 0 Å². The maximum Gasteiger partial charge on any atom is 0.186 e. The molecule has 18 heavy (non-hydrogen) atoms. The topological polar surface area (TPSA) is 42.2 Å². The molecule has 1 aromatic heterocycles. The fraction of sp³-hybridized carbons (Fsp3) is 0.357. The van der Waals surface area contributed by atoms with Crippen molar-refractivity contribution in [2.45, 2.75) is 26.9 Å². The van der Waals surface area contributed by atoms with Crippen LogP contribution in [-0.4, -0.2) is 11.5 Å². The summed E-state index contributed by atoms with van der Waals surface area (Å²) in [7, 11) is 0. The van der Waals surface area contributed by atoms with E-state index in [1.54, 1.807) is 11.3 Å². The molecule has 0 radical (unpaired) electrons.